The largest absolute Gasteiger partial charge is 0.465 e. The number of ether oxygens (including phenoxy) is 1. The van der Waals surface area contributed by atoms with Gasteiger partial charge < -0.3 is 14.5 Å². The highest BCUT2D eigenvalue weighted by Gasteiger charge is 2.06. The van der Waals surface area contributed by atoms with Crippen molar-refractivity contribution in [3.8, 4) is 0 Å². The molecule has 0 bridgehead atoms. The van der Waals surface area contributed by atoms with E-state index in [4.69, 9.17) is 4.42 Å². The van der Waals surface area contributed by atoms with Crippen LogP contribution in [0.3, 0.4) is 0 Å². The summed E-state index contributed by atoms with van der Waals surface area (Å²) in [6.45, 7) is 2.00. The first-order chi connectivity index (χ1) is 12.0. The van der Waals surface area contributed by atoms with Gasteiger partial charge in [-0.05, 0) is 55.0 Å². The molecular weight excluding hydrogens is 318 g/mol. The van der Waals surface area contributed by atoms with Crippen LogP contribution < -0.4 is 5.32 Å². The van der Waals surface area contributed by atoms with Crippen molar-refractivity contribution >= 4 is 34.6 Å². The van der Waals surface area contributed by atoms with Crippen LogP contribution in [0.4, 0.5) is 5.69 Å². The Labute approximate surface area is 144 Å². The topological polar surface area (TPSA) is 68.5 Å². The summed E-state index contributed by atoms with van der Waals surface area (Å²) >= 11 is 0. The summed E-state index contributed by atoms with van der Waals surface area (Å²) in [5, 5.41) is 3.71. The van der Waals surface area contributed by atoms with Gasteiger partial charge in [-0.25, -0.2) is 4.79 Å². The molecule has 0 unspecified atom stereocenters. The van der Waals surface area contributed by atoms with Crippen molar-refractivity contribution in [3.63, 3.8) is 0 Å². The van der Waals surface area contributed by atoms with E-state index in [9.17, 15) is 9.59 Å². The number of benzene rings is 2. The molecule has 0 fully saturated rings. The first-order valence-corrected chi connectivity index (χ1v) is 7.73. The van der Waals surface area contributed by atoms with E-state index < -0.39 is 5.97 Å². The van der Waals surface area contributed by atoms with E-state index in [0.717, 1.165) is 16.5 Å². The van der Waals surface area contributed by atoms with Crippen LogP contribution in [0.25, 0.3) is 17.0 Å². The highest BCUT2D eigenvalue weighted by Crippen LogP contribution is 2.21. The van der Waals surface area contributed by atoms with Crippen molar-refractivity contribution < 1.29 is 18.7 Å². The Bertz CT molecular complexity index is 951. The van der Waals surface area contributed by atoms with Gasteiger partial charge in [0.2, 0.25) is 5.91 Å². The van der Waals surface area contributed by atoms with Gasteiger partial charge in [-0.1, -0.05) is 12.1 Å². The first-order valence-electron chi connectivity index (χ1n) is 7.73. The van der Waals surface area contributed by atoms with Crippen LogP contribution in [0, 0.1) is 6.92 Å². The van der Waals surface area contributed by atoms with Crippen molar-refractivity contribution in [1.29, 1.82) is 0 Å². The summed E-state index contributed by atoms with van der Waals surface area (Å²) in [6, 6.07) is 14.3. The van der Waals surface area contributed by atoms with Crippen molar-refractivity contribution in [3.05, 3.63) is 71.5 Å². The summed E-state index contributed by atoms with van der Waals surface area (Å²) < 4.78 is 10.3. The molecule has 0 aliphatic carbocycles. The van der Waals surface area contributed by atoms with Gasteiger partial charge in [0.25, 0.3) is 0 Å². The standard InChI is InChI=1S/C20H17NO4/c1-13-3-4-15-12-17(25-18(15)11-13)9-10-19(22)21-16-7-5-14(6-8-16)20(23)24-2/h3-12H,1-2H3,(H,21,22)/b10-9+. The molecule has 1 heterocycles. The Morgan fingerprint density at radius 3 is 2.56 bits per heavy atom. The molecule has 0 atom stereocenters. The highest BCUT2D eigenvalue weighted by molar-refractivity contribution is 6.02. The fraction of sp³-hybridized carbons (Fsp3) is 0.100. The normalized spacial score (nSPS) is 11.0. The molecule has 3 aromatic rings. The molecule has 1 aromatic heterocycles. The average Bonchev–Trinajstić information content (AvgIpc) is 3.02. The molecule has 1 amide bonds. The molecule has 2 aromatic carbocycles. The second-order valence-electron chi connectivity index (χ2n) is 5.58. The van der Waals surface area contributed by atoms with Crippen LogP contribution in [0.1, 0.15) is 21.7 Å². The molecule has 0 saturated carbocycles. The first kappa shape index (κ1) is 16.5. The highest BCUT2D eigenvalue weighted by atomic mass is 16.5. The lowest BCUT2D eigenvalue weighted by Gasteiger charge is -2.03. The second-order valence-corrected chi connectivity index (χ2v) is 5.58. The number of nitrogens with one attached hydrogen (secondary N) is 1. The Hall–Kier alpha value is -3.34. The lowest BCUT2D eigenvalue weighted by Crippen LogP contribution is -2.08. The Kier molecular flexibility index (Phi) is 4.66. The van der Waals surface area contributed by atoms with E-state index in [1.165, 1.54) is 13.2 Å². The molecule has 0 aliphatic heterocycles. The van der Waals surface area contributed by atoms with Crippen molar-refractivity contribution in [2.75, 3.05) is 12.4 Å². The SMILES string of the molecule is COC(=O)c1ccc(NC(=O)/C=C/c2cc3ccc(C)cc3o2)cc1. The maximum absolute atomic E-state index is 12.0. The van der Waals surface area contributed by atoms with E-state index in [1.807, 2.05) is 31.2 Å². The monoisotopic (exact) mass is 335 g/mol. The Morgan fingerprint density at radius 1 is 1.08 bits per heavy atom. The summed E-state index contributed by atoms with van der Waals surface area (Å²) in [5.74, 6) is -0.0999. The van der Waals surface area contributed by atoms with Crippen LogP contribution >= 0.6 is 0 Å². The fourth-order valence-electron chi connectivity index (χ4n) is 2.39. The number of amides is 1. The number of esters is 1. The second kappa shape index (κ2) is 7.05. The predicted molar refractivity (Wildman–Crippen MR) is 96.4 cm³/mol. The Balaban J connectivity index is 1.66. The number of anilines is 1. The van der Waals surface area contributed by atoms with Gasteiger partial charge in [0.15, 0.2) is 0 Å². The molecule has 0 spiro atoms. The van der Waals surface area contributed by atoms with Crippen molar-refractivity contribution in [2.45, 2.75) is 6.92 Å². The average molecular weight is 335 g/mol. The van der Waals surface area contributed by atoms with Crippen LogP contribution in [0.5, 0.6) is 0 Å². The maximum Gasteiger partial charge on any atom is 0.337 e. The zero-order valence-electron chi connectivity index (χ0n) is 13.9. The molecule has 3 rings (SSSR count). The van der Waals surface area contributed by atoms with Crippen LogP contribution in [0.2, 0.25) is 0 Å². The Morgan fingerprint density at radius 2 is 1.84 bits per heavy atom. The minimum Gasteiger partial charge on any atom is -0.465 e. The van der Waals surface area contributed by atoms with Crippen molar-refractivity contribution in [1.82, 2.24) is 0 Å². The molecule has 0 saturated heterocycles. The number of hydrogen-bond acceptors (Lipinski definition) is 4. The van der Waals surface area contributed by atoms with Crippen LogP contribution in [-0.2, 0) is 9.53 Å². The summed E-state index contributed by atoms with van der Waals surface area (Å²) in [5.41, 5.74) is 2.92. The van der Waals surface area contributed by atoms with E-state index in [-0.39, 0.29) is 5.91 Å². The smallest absolute Gasteiger partial charge is 0.337 e. The van der Waals surface area contributed by atoms with Gasteiger partial charge in [0, 0.05) is 17.1 Å². The third kappa shape index (κ3) is 3.95. The minimum atomic E-state index is -0.419. The van der Waals surface area contributed by atoms with Gasteiger partial charge in [-0.2, -0.15) is 0 Å². The van der Waals surface area contributed by atoms with Gasteiger partial charge in [0.05, 0.1) is 12.7 Å². The summed E-state index contributed by atoms with van der Waals surface area (Å²) in [6.07, 6.45) is 3.02. The van der Waals surface area contributed by atoms with Crippen LogP contribution in [0.15, 0.2) is 59.0 Å². The lowest BCUT2D eigenvalue weighted by atomic mass is 10.2. The summed E-state index contributed by atoms with van der Waals surface area (Å²) in [4.78, 5) is 23.4. The van der Waals surface area contributed by atoms with E-state index in [1.54, 1.807) is 30.3 Å². The molecule has 0 radical (unpaired) electrons. The zero-order chi connectivity index (χ0) is 17.8. The molecule has 1 N–H and O–H groups in total. The lowest BCUT2D eigenvalue weighted by molar-refractivity contribution is -0.111. The fourth-order valence-corrected chi connectivity index (χ4v) is 2.39. The molecule has 5 nitrogen and oxygen atoms in total. The third-order valence-corrected chi connectivity index (χ3v) is 3.67. The number of rotatable bonds is 4. The molecule has 0 aliphatic rings. The number of aryl methyl sites for hydroxylation is 1. The summed E-state index contributed by atoms with van der Waals surface area (Å²) in [7, 11) is 1.32. The minimum absolute atomic E-state index is 0.289. The van der Waals surface area contributed by atoms with E-state index in [0.29, 0.717) is 17.0 Å². The number of hydrogen-bond donors (Lipinski definition) is 1. The van der Waals surface area contributed by atoms with Gasteiger partial charge >= 0.3 is 5.97 Å². The van der Waals surface area contributed by atoms with Gasteiger partial charge in [-0.3, -0.25) is 4.79 Å². The number of carbonyl (C=O) groups is 2. The number of fused-ring (bicyclic) bond motifs is 1. The zero-order valence-corrected chi connectivity index (χ0v) is 13.9. The quantitative estimate of drug-likeness (QED) is 0.574. The van der Waals surface area contributed by atoms with Gasteiger partial charge in [0.1, 0.15) is 11.3 Å². The van der Waals surface area contributed by atoms with E-state index in [2.05, 4.69) is 10.1 Å². The third-order valence-electron chi connectivity index (χ3n) is 3.67. The van der Waals surface area contributed by atoms with Crippen LogP contribution in [-0.4, -0.2) is 19.0 Å². The maximum atomic E-state index is 12.0. The van der Waals surface area contributed by atoms with Gasteiger partial charge in [-0.15, -0.1) is 0 Å². The predicted octanol–water partition coefficient (Wildman–Crippen LogP) is 4.18. The molecule has 25 heavy (non-hydrogen) atoms. The molecular formula is C20H17NO4. The number of methoxy groups -OCH3 is 1. The molecule has 5 heteroatoms. The van der Waals surface area contributed by atoms with E-state index >= 15 is 0 Å². The number of furan rings is 1. The molecule has 126 valence electrons. The number of carbonyl (C=O) groups excluding carboxylic acids is 2. The van der Waals surface area contributed by atoms with Crippen molar-refractivity contribution in [2.24, 2.45) is 0 Å².